The Kier molecular flexibility index (Phi) is 6.22. The van der Waals surface area contributed by atoms with Crippen LogP contribution >= 0.6 is 0 Å². The zero-order chi connectivity index (χ0) is 23.5. The van der Waals surface area contributed by atoms with Crippen LogP contribution in [-0.4, -0.2) is 29.5 Å². The van der Waals surface area contributed by atoms with Crippen LogP contribution in [0.3, 0.4) is 0 Å². The topological polar surface area (TPSA) is 89.2 Å². The molecule has 1 unspecified atom stereocenters. The molecule has 170 valence electrons. The summed E-state index contributed by atoms with van der Waals surface area (Å²) < 4.78 is 16.6. The number of rotatable bonds is 8. The number of carbonyl (C=O) groups excluding carboxylic acids is 2. The SMILES string of the molecule is CCOc1ccc(N2C(=O)C(O)=C(C(=O)c3ccco3)C2c2cccc(OC(C)C)c2)cc1. The molecule has 0 radical (unpaired) electrons. The lowest BCUT2D eigenvalue weighted by molar-refractivity contribution is -0.117. The Labute approximate surface area is 191 Å². The minimum Gasteiger partial charge on any atom is -0.503 e. The molecule has 33 heavy (non-hydrogen) atoms. The molecule has 0 aliphatic carbocycles. The van der Waals surface area contributed by atoms with Crippen molar-refractivity contribution in [3.8, 4) is 11.5 Å². The number of hydrogen-bond acceptors (Lipinski definition) is 6. The first-order chi connectivity index (χ1) is 15.9. The summed E-state index contributed by atoms with van der Waals surface area (Å²) in [6.07, 6.45) is 1.32. The quantitative estimate of drug-likeness (QED) is 0.475. The summed E-state index contributed by atoms with van der Waals surface area (Å²) in [5, 5.41) is 10.8. The number of anilines is 1. The van der Waals surface area contributed by atoms with Gasteiger partial charge in [0.15, 0.2) is 11.5 Å². The normalized spacial score (nSPS) is 15.9. The number of nitrogens with zero attached hydrogens (tertiary/aromatic N) is 1. The van der Waals surface area contributed by atoms with Gasteiger partial charge in [-0.1, -0.05) is 12.1 Å². The van der Waals surface area contributed by atoms with Crippen molar-refractivity contribution in [2.75, 3.05) is 11.5 Å². The predicted molar refractivity (Wildman–Crippen MR) is 123 cm³/mol. The number of amides is 1. The van der Waals surface area contributed by atoms with E-state index in [1.807, 2.05) is 20.8 Å². The largest absolute Gasteiger partial charge is 0.503 e. The summed E-state index contributed by atoms with van der Waals surface area (Å²) in [4.78, 5) is 27.9. The third-order valence-electron chi connectivity index (χ3n) is 5.17. The lowest BCUT2D eigenvalue weighted by Crippen LogP contribution is -2.31. The molecule has 0 saturated carbocycles. The molecule has 1 amide bonds. The summed E-state index contributed by atoms with van der Waals surface area (Å²) in [5.74, 6) is -0.546. The highest BCUT2D eigenvalue weighted by Crippen LogP contribution is 2.43. The summed E-state index contributed by atoms with van der Waals surface area (Å²) in [6.45, 7) is 6.22. The number of aliphatic hydroxyl groups is 1. The Morgan fingerprint density at radius 3 is 2.48 bits per heavy atom. The predicted octanol–water partition coefficient (Wildman–Crippen LogP) is 5.25. The van der Waals surface area contributed by atoms with Crippen molar-refractivity contribution in [1.82, 2.24) is 0 Å². The van der Waals surface area contributed by atoms with Crippen LogP contribution in [0.4, 0.5) is 5.69 Å². The fraction of sp³-hybridized carbons (Fsp3) is 0.231. The van der Waals surface area contributed by atoms with Crippen LogP contribution < -0.4 is 14.4 Å². The van der Waals surface area contributed by atoms with Gasteiger partial charge in [-0.15, -0.1) is 0 Å². The third kappa shape index (κ3) is 4.35. The summed E-state index contributed by atoms with van der Waals surface area (Å²) >= 11 is 0. The van der Waals surface area contributed by atoms with E-state index in [0.717, 1.165) is 0 Å². The molecule has 1 N–H and O–H groups in total. The second-order valence-corrected chi connectivity index (χ2v) is 7.81. The average Bonchev–Trinajstić information content (AvgIpc) is 3.42. The van der Waals surface area contributed by atoms with Crippen LogP contribution in [0.5, 0.6) is 11.5 Å². The summed E-state index contributed by atoms with van der Waals surface area (Å²) in [6, 6.07) is 16.3. The molecule has 0 fully saturated rings. The van der Waals surface area contributed by atoms with Gasteiger partial charge in [-0.2, -0.15) is 0 Å². The van der Waals surface area contributed by atoms with Gasteiger partial charge in [0.05, 0.1) is 30.6 Å². The van der Waals surface area contributed by atoms with E-state index in [0.29, 0.717) is 29.4 Å². The first-order valence-corrected chi connectivity index (χ1v) is 10.7. The maximum Gasteiger partial charge on any atom is 0.294 e. The summed E-state index contributed by atoms with van der Waals surface area (Å²) in [7, 11) is 0. The van der Waals surface area contributed by atoms with Gasteiger partial charge in [-0.25, -0.2) is 0 Å². The van der Waals surface area contributed by atoms with E-state index in [1.54, 1.807) is 54.6 Å². The Morgan fingerprint density at radius 1 is 1.09 bits per heavy atom. The van der Waals surface area contributed by atoms with Crippen molar-refractivity contribution in [3.63, 3.8) is 0 Å². The Hall–Kier alpha value is -4.00. The van der Waals surface area contributed by atoms with Crippen molar-refractivity contribution in [3.05, 3.63) is 89.6 Å². The maximum absolute atomic E-state index is 13.3. The number of ketones is 1. The zero-order valence-electron chi connectivity index (χ0n) is 18.6. The van der Waals surface area contributed by atoms with Crippen LogP contribution in [0.15, 0.2) is 82.7 Å². The summed E-state index contributed by atoms with van der Waals surface area (Å²) in [5.41, 5.74) is 1.08. The second-order valence-electron chi connectivity index (χ2n) is 7.81. The molecular weight excluding hydrogens is 422 g/mol. The van der Waals surface area contributed by atoms with Gasteiger partial charge in [0, 0.05) is 5.69 Å². The molecule has 1 atom stereocenters. The number of Topliss-reactive ketones (excluding diaryl/α,β-unsaturated/α-hetero) is 1. The smallest absolute Gasteiger partial charge is 0.294 e. The molecule has 3 aromatic rings. The number of benzene rings is 2. The number of ether oxygens (including phenoxy) is 2. The Morgan fingerprint density at radius 2 is 1.85 bits per heavy atom. The monoisotopic (exact) mass is 447 g/mol. The van der Waals surface area contributed by atoms with Crippen molar-refractivity contribution in [1.29, 1.82) is 0 Å². The van der Waals surface area contributed by atoms with E-state index in [9.17, 15) is 14.7 Å². The van der Waals surface area contributed by atoms with Gasteiger partial charge in [-0.05, 0) is 74.9 Å². The van der Waals surface area contributed by atoms with Gasteiger partial charge >= 0.3 is 0 Å². The fourth-order valence-electron chi connectivity index (χ4n) is 3.86. The second kappa shape index (κ2) is 9.24. The molecular formula is C26H25NO6. The molecule has 7 nitrogen and oxygen atoms in total. The van der Waals surface area contributed by atoms with Gasteiger partial charge in [0.2, 0.25) is 5.78 Å². The highest BCUT2D eigenvalue weighted by Gasteiger charge is 2.45. The highest BCUT2D eigenvalue weighted by atomic mass is 16.5. The zero-order valence-corrected chi connectivity index (χ0v) is 18.6. The van der Waals surface area contributed by atoms with Gasteiger partial charge in [0.1, 0.15) is 11.5 Å². The van der Waals surface area contributed by atoms with E-state index < -0.39 is 23.5 Å². The molecule has 2 heterocycles. The molecule has 1 aliphatic rings. The van der Waals surface area contributed by atoms with E-state index in [4.69, 9.17) is 13.9 Å². The van der Waals surface area contributed by atoms with Crippen molar-refractivity contribution in [2.45, 2.75) is 32.9 Å². The van der Waals surface area contributed by atoms with Crippen LogP contribution in [0.25, 0.3) is 0 Å². The minimum absolute atomic E-state index is 0.0393. The van der Waals surface area contributed by atoms with Crippen LogP contribution in [0.1, 0.15) is 42.9 Å². The molecule has 1 aliphatic heterocycles. The van der Waals surface area contributed by atoms with Crippen molar-refractivity contribution >= 4 is 17.4 Å². The van der Waals surface area contributed by atoms with E-state index in [1.165, 1.54) is 17.2 Å². The van der Waals surface area contributed by atoms with Gasteiger partial charge in [-0.3, -0.25) is 14.5 Å². The molecule has 2 aromatic carbocycles. The average molecular weight is 447 g/mol. The van der Waals surface area contributed by atoms with Crippen molar-refractivity contribution < 1.29 is 28.6 Å². The highest BCUT2D eigenvalue weighted by molar-refractivity contribution is 6.20. The maximum atomic E-state index is 13.3. The molecule has 4 rings (SSSR count). The minimum atomic E-state index is -0.872. The third-order valence-corrected chi connectivity index (χ3v) is 5.17. The number of aliphatic hydroxyl groups excluding tert-OH is 1. The van der Waals surface area contributed by atoms with E-state index in [2.05, 4.69) is 0 Å². The lowest BCUT2D eigenvalue weighted by Gasteiger charge is -2.27. The Bertz CT molecular complexity index is 1180. The first kappa shape index (κ1) is 22.2. The molecule has 0 bridgehead atoms. The number of furan rings is 1. The van der Waals surface area contributed by atoms with Crippen LogP contribution in [-0.2, 0) is 4.79 Å². The molecule has 1 aromatic heterocycles. The standard InChI is InChI=1S/C26H25NO6/c1-4-31-19-12-10-18(11-13-19)27-23(17-7-5-8-20(15-17)33-16(2)3)22(25(29)26(27)30)24(28)21-9-6-14-32-21/h5-16,23,29H,4H2,1-3H3. The lowest BCUT2D eigenvalue weighted by atomic mass is 9.94. The van der Waals surface area contributed by atoms with Crippen molar-refractivity contribution in [2.24, 2.45) is 0 Å². The van der Waals surface area contributed by atoms with E-state index >= 15 is 0 Å². The van der Waals surface area contributed by atoms with Gasteiger partial charge in [0.25, 0.3) is 5.91 Å². The molecule has 0 saturated heterocycles. The van der Waals surface area contributed by atoms with E-state index in [-0.39, 0.29) is 17.4 Å². The van der Waals surface area contributed by atoms with Gasteiger partial charge < -0.3 is 19.0 Å². The van der Waals surface area contributed by atoms with Crippen LogP contribution in [0, 0.1) is 0 Å². The van der Waals surface area contributed by atoms with Crippen LogP contribution in [0.2, 0.25) is 0 Å². The number of carbonyl (C=O) groups is 2. The molecule has 0 spiro atoms. The molecule has 7 heteroatoms. The number of hydrogen-bond donors (Lipinski definition) is 1. The first-order valence-electron chi connectivity index (χ1n) is 10.7. The Balaban J connectivity index is 1.82. The fourth-order valence-corrected chi connectivity index (χ4v) is 3.86.